The molecule has 0 saturated carbocycles. The van der Waals surface area contributed by atoms with Crippen molar-refractivity contribution >= 4 is 5.91 Å². The Kier molecular flexibility index (Phi) is 6.57. The molecule has 3 rings (SSSR count). The Morgan fingerprint density at radius 3 is 2.54 bits per heavy atom. The fourth-order valence-electron chi connectivity index (χ4n) is 3.67. The molecule has 0 radical (unpaired) electrons. The van der Waals surface area contributed by atoms with E-state index in [9.17, 15) is 4.79 Å². The quantitative estimate of drug-likeness (QED) is 0.787. The Morgan fingerprint density at radius 2 is 1.93 bits per heavy atom. The average molecular weight is 387 g/mol. The van der Waals surface area contributed by atoms with Crippen LogP contribution in [0.3, 0.4) is 0 Å². The summed E-state index contributed by atoms with van der Waals surface area (Å²) in [5.41, 5.74) is 2.87. The number of amides is 1. The van der Waals surface area contributed by atoms with Gasteiger partial charge in [-0.2, -0.15) is 0 Å². The molecule has 7 nitrogen and oxygen atoms in total. The topological polar surface area (TPSA) is 76.8 Å². The van der Waals surface area contributed by atoms with Crippen LogP contribution in [0, 0.1) is 13.8 Å². The van der Waals surface area contributed by atoms with Crippen LogP contribution >= 0.6 is 0 Å². The molecule has 152 valence electrons. The van der Waals surface area contributed by atoms with E-state index in [2.05, 4.69) is 21.4 Å². The second-order valence-corrected chi connectivity index (χ2v) is 7.29. The summed E-state index contributed by atoms with van der Waals surface area (Å²) in [6, 6.07) is 6.25. The van der Waals surface area contributed by atoms with Gasteiger partial charge in [0.1, 0.15) is 5.76 Å². The van der Waals surface area contributed by atoms with Crippen LogP contribution in [0.15, 0.2) is 22.7 Å². The molecule has 2 heterocycles. The van der Waals surface area contributed by atoms with Gasteiger partial charge in [-0.15, -0.1) is 0 Å². The minimum Gasteiger partial charge on any atom is -0.493 e. The number of rotatable bonds is 7. The normalized spacial score (nSPS) is 15.4. The molecule has 0 aliphatic carbocycles. The Labute approximate surface area is 166 Å². The predicted molar refractivity (Wildman–Crippen MR) is 106 cm³/mol. The van der Waals surface area contributed by atoms with Crippen molar-refractivity contribution in [3.8, 4) is 11.5 Å². The van der Waals surface area contributed by atoms with Crippen LogP contribution in [0.2, 0.25) is 0 Å². The average Bonchev–Trinajstić information content (AvgIpc) is 3.01. The molecule has 1 aliphatic heterocycles. The number of piperidine rings is 1. The van der Waals surface area contributed by atoms with Crippen molar-refractivity contribution < 1.29 is 18.8 Å². The summed E-state index contributed by atoms with van der Waals surface area (Å²) in [5.74, 6) is 2.25. The van der Waals surface area contributed by atoms with Crippen LogP contribution in [0.5, 0.6) is 11.5 Å². The second kappa shape index (κ2) is 9.10. The number of nitrogens with one attached hydrogen (secondary N) is 1. The van der Waals surface area contributed by atoms with Gasteiger partial charge >= 0.3 is 0 Å². The van der Waals surface area contributed by atoms with E-state index in [-0.39, 0.29) is 11.9 Å². The molecule has 0 spiro atoms. The van der Waals surface area contributed by atoms with Crippen LogP contribution in [-0.2, 0) is 17.8 Å². The molecule has 7 heteroatoms. The molecule has 1 aromatic carbocycles. The van der Waals surface area contributed by atoms with Gasteiger partial charge in [0.15, 0.2) is 11.5 Å². The van der Waals surface area contributed by atoms with E-state index >= 15 is 0 Å². The Hall–Kier alpha value is -2.54. The van der Waals surface area contributed by atoms with Gasteiger partial charge in [-0.25, -0.2) is 0 Å². The first-order chi connectivity index (χ1) is 13.5. The van der Waals surface area contributed by atoms with E-state index in [0.29, 0.717) is 6.42 Å². The highest BCUT2D eigenvalue weighted by Crippen LogP contribution is 2.28. The summed E-state index contributed by atoms with van der Waals surface area (Å²) < 4.78 is 15.8. The van der Waals surface area contributed by atoms with Crippen LogP contribution in [0.4, 0.5) is 0 Å². The molecule has 0 bridgehead atoms. The zero-order valence-corrected chi connectivity index (χ0v) is 17.1. The lowest BCUT2D eigenvalue weighted by Crippen LogP contribution is -2.44. The van der Waals surface area contributed by atoms with E-state index in [0.717, 1.165) is 61.0 Å². The van der Waals surface area contributed by atoms with Gasteiger partial charge in [0.05, 0.1) is 26.3 Å². The van der Waals surface area contributed by atoms with Crippen molar-refractivity contribution in [2.45, 2.75) is 45.7 Å². The highest BCUT2D eigenvalue weighted by molar-refractivity contribution is 5.79. The van der Waals surface area contributed by atoms with Gasteiger partial charge in [0.2, 0.25) is 5.91 Å². The molecule has 28 heavy (non-hydrogen) atoms. The first-order valence-corrected chi connectivity index (χ1v) is 9.64. The Morgan fingerprint density at radius 1 is 1.21 bits per heavy atom. The lowest BCUT2D eigenvalue weighted by molar-refractivity contribution is -0.121. The van der Waals surface area contributed by atoms with Crippen molar-refractivity contribution in [3.05, 3.63) is 40.8 Å². The summed E-state index contributed by atoms with van der Waals surface area (Å²) in [6.07, 6.45) is 2.22. The molecule has 0 unspecified atom stereocenters. The summed E-state index contributed by atoms with van der Waals surface area (Å²) in [7, 11) is 3.29. The molecule has 1 amide bonds. The number of methoxy groups -OCH3 is 2. The molecule has 2 aromatic rings. The Balaban J connectivity index is 1.47. The molecular formula is C21H29N3O4. The number of carbonyl (C=O) groups excluding carboxylic acids is 1. The highest BCUT2D eigenvalue weighted by atomic mass is 16.5. The summed E-state index contributed by atoms with van der Waals surface area (Å²) in [5, 5.41) is 7.07. The summed E-state index contributed by atoms with van der Waals surface area (Å²) >= 11 is 0. The number of hydrogen-bond acceptors (Lipinski definition) is 6. The van der Waals surface area contributed by atoms with Gasteiger partial charge in [-0.05, 0) is 44.4 Å². The maximum atomic E-state index is 12.4. The molecule has 1 aromatic heterocycles. The third-order valence-corrected chi connectivity index (χ3v) is 5.33. The van der Waals surface area contributed by atoms with E-state index in [1.54, 1.807) is 14.2 Å². The molecular weight excluding hydrogens is 358 g/mol. The third-order valence-electron chi connectivity index (χ3n) is 5.33. The van der Waals surface area contributed by atoms with E-state index in [1.807, 2.05) is 26.0 Å². The predicted octanol–water partition coefficient (Wildman–Crippen LogP) is 2.63. The Bertz CT molecular complexity index is 790. The molecule has 1 saturated heterocycles. The highest BCUT2D eigenvalue weighted by Gasteiger charge is 2.22. The molecule has 1 aliphatic rings. The number of likely N-dealkylation sites (tertiary alicyclic amines) is 1. The summed E-state index contributed by atoms with van der Waals surface area (Å²) in [4.78, 5) is 14.8. The van der Waals surface area contributed by atoms with Crippen molar-refractivity contribution in [1.29, 1.82) is 0 Å². The summed E-state index contributed by atoms with van der Waals surface area (Å²) in [6.45, 7) is 6.47. The number of benzene rings is 1. The van der Waals surface area contributed by atoms with Gasteiger partial charge < -0.3 is 19.3 Å². The van der Waals surface area contributed by atoms with Gasteiger partial charge in [0, 0.05) is 31.2 Å². The first kappa shape index (κ1) is 20.2. The third kappa shape index (κ3) is 4.84. The minimum atomic E-state index is 0.0349. The number of nitrogens with zero attached hydrogens (tertiary/aromatic N) is 2. The number of ether oxygens (including phenoxy) is 2. The fraction of sp³-hybridized carbons (Fsp3) is 0.524. The SMILES string of the molecule is COc1ccc(CN2CCC(NC(=O)Cc3c(C)noc3C)CC2)cc1OC. The van der Waals surface area contributed by atoms with Crippen LogP contribution in [0.25, 0.3) is 0 Å². The molecule has 1 fully saturated rings. The van der Waals surface area contributed by atoms with Gasteiger partial charge in [-0.1, -0.05) is 11.2 Å². The van der Waals surface area contributed by atoms with Crippen molar-refractivity contribution in [3.63, 3.8) is 0 Å². The van der Waals surface area contributed by atoms with Crippen molar-refractivity contribution in [2.75, 3.05) is 27.3 Å². The maximum absolute atomic E-state index is 12.4. The smallest absolute Gasteiger partial charge is 0.224 e. The molecule has 1 N–H and O–H groups in total. The van der Waals surface area contributed by atoms with E-state index in [4.69, 9.17) is 14.0 Å². The number of aryl methyl sites for hydroxylation is 2. The number of aromatic nitrogens is 1. The van der Waals surface area contributed by atoms with Crippen molar-refractivity contribution in [2.24, 2.45) is 0 Å². The largest absolute Gasteiger partial charge is 0.493 e. The minimum absolute atomic E-state index is 0.0349. The second-order valence-electron chi connectivity index (χ2n) is 7.29. The lowest BCUT2D eigenvalue weighted by atomic mass is 10.0. The monoisotopic (exact) mass is 387 g/mol. The van der Waals surface area contributed by atoms with Gasteiger partial charge in [-0.3, -0.25) is 9.69 Å². The zero-order chi connectivity index (χ0) is 20.1. The fourth-order valence-corrected chi connectivity index (χ4v) is 3.67. The van der Waals surface area contributed by atoms with E-state index < -0.39 is 0 Å². The number of carbonyl (C=O) groups is 1. The number of hydrogen-bond donors (Lipinski definition) is 1. The van der Waals surface area contributed by atoms with Crippen LogP contribution in [0.1, 0.15) is 35.4 Å². The zero-order valence-electron chi connectivity index (χ0n) is 17.1. The molecule has 0 atom stereocenters. The van der Waals surface area contributed by atoms with Crippen LogP contribution in [-0.4, -0.2) is 49.3 Å². The van der Waals surface area contributed by atoms with Crippen LogP contribution < -0.4 is 14.8 Å². The van der Waals surface area contributed by atoms with E-state index in [1.165, 1.54) is 5.56 Å². The maximum Gasteiger partial charge on any atom is 0.224 e. The van der Waals surface area contributed by atoms with Gasteiger partial charge in [0.25, 0.3) is 0 Å². The standard InChI is InChI=1S/C21H29N3O4/c1-14-18(15(2)28-23-14)12-21(25)22-17-7-9-24(10-8-17)13-16-5-6-19(26-3)20(11-16)27-4/h5-6,11,17H,7-10,12-13H2,1-4H3,(H,22,25). The first-order valence-electron chi connectivity index (χ1n) is 9.64. The van der Waals surface area contributed by atoms with Crippen molar-refractivity contribution in [1.82, 2.24) is 15.4 Å². The lowest BCUT2D eigenvalue weighted by Gasteiger charge is -2.32.